The SMILES string of the molecule is CNC(=O)C(C)NC(=O)Nc1cc(Cl)ccc1C(=O)O. The third-order valence-corrected chi connectivity index (χ3v) is 2.68. The van der Waals surface area contributed by atoms with Crippen molar-refractivity contribution in [3.63, 3.8) is 0 Å². The highest BCUT2D eigenvalue weighted by atomic mass is 35.5. The summed E-state index contributed by atoms with van der Waals surface area (Å²) < 4.78 is 0. The number of carboxylic acid groups (broad SMARTS) is 1. The van der Waals surface area contributed by atoms with E-state index in [-0.39, 0.29) is 22.2 Å². The van der Waals surface area contributed by atoms with E-state index in [9.17, 15) is 14.4 Å². The van der Waals surface area contributed by atoms with Crippen molar-refractivity contribution in [2.75, 3.05) is 12.4 Å². The molecule has 4 N–H and O–H groups in total. The highest BCUT2D eigenvalue weighted by molar-refractivity contribution is 6.31. The van der Waals surface area contributed by atoms with Crippen molar-refractivity contribution in [3.8, 4) is 0 Å². The topological polar surface area (TPSA) is 108 Å². The molecule has 20 heavy (non-hydrogen) atoms. The van der Waals surface area contributed by atoms with Crippen LogP contribution in [0.25, 0.3) is 0 Å². The Kier molecular flexibility index (Phi) is 5.33. The fraction of sp³-hybridized carbons (Fsp3) is 0.250. The van der Waals surface area contributed by atoms with E-state index in [2.05, 4.69) is 16.0 Å². The van der Waals surface area contributed by atoms with Gasteiger partial charge >= 0.3 is 12.0 Å². The quantitative estimate of drug-likeness (QED) is 0.672. The molecule has 1 atom stereocenters. The van der Waals surface area contributed by atoms with Crippen LogP contribution < -0.4 is 16.0 Å². The molecule has 1 aromatic carbocycles. The van der Waals surface area contributed by atoms with Crippen LogP contribution in [0.3, 0.4) is 0 Å². The van der Waals surface area contributed by atoms with Crippen LogP contribution in [-0.2, 0) is 4.79 Å². The standard InChI is InChI=1S/C12H14ClN3O4/c1-6(10(17)14-2)15-12(20)16-9-5-7(13)3-4-8(9)11(18)19/h3-6H,1-2H3,(H,14,17)(H,18,19)(H2,15,16,20). The molecular formula is C12H14ClN3O4. The van der Waals surface area contributed by atoms with E-state index >= 15 is 0 Å². The van der Waals surface area contributed by atoms with Gasteiger partial charge in [0.25, 0.3) is 0 Å². The van der Waals surface area contributed by atoms with Crippen LogP contribution in [0.1, 0.15) is 17.3 Å². The van der Waals surface area contributed by atoms with E-state index in [1.54, 1.807) is 0 Å². The molecule has 0 saturated carbocycles. The summed E-state index contributed by atoms with van der Waals surface area (Å²) >= 11 is 5.75. The van der Waals surface area contributed by atoms with Crippen LogP contribution in [-0.4, -0.2) is 36.1 Å². The Morgan fingerprint density at radius 1 is 1.30 bits per heavy atom. The van der Waals surface area contributed by atoms with Crippen LogP contribution in [0.15, 0.2) is 18.2 Å². The van der Waals surface area contributed by atoms with Crippen LogP contribution in [0.4, 0.5) is 10.5 Å². The number of likely N-dealkylation sites (N-methyl/N-ethyl adjacent to an activating group) is 1. The summed E-state index contributed by atoms with van der Waals surface area (Å²) in [4.78, 5) is 34.0. The van der Waals surface area contributed by atoms with Gasteiger partial charge in [0.1, 0.15) is 6.04 Å². The number of carboxylic acids is 1. The van der Waals surface area contributed by atoms with Gasteiger partial charge in [0.2, 0.25) is 5.91 Å². The van der Waals surface area contributed by atoms with Gasteiger partial charge in [0.05, 0.1) is 11.3 Å². The molecule has 0 aromatic heterocycles. The van der Waals surface area contributed by atoms with Crippen LogP contribution in [0.2, 0.25) is 5.02 Å². The normalized spacial score (nSPS) is 11.3. The summed E-state index contributed by atoms with van der Waals surface area (Å²) in [6, 6.07) is 2.54. The molecular weight excluding hydrogens is 286 g/mol. The Morgan fingerprint density at radius 2 is 1.95 bits per heavy atom. The zero-order valence-electron chi connectivity index (χ0n) is 10.9. The van der Waals surface area contributed by atoms with Crippen LogP contribution in [0, 0.1) is 0 Å². The first-order chi connectivity index (χ1) is 9.35. The number of hydrogen-bond donors (Lipinski definition) is 4. The van der Waals surface area contributed by atoms with E-state index in [1.165, 1.54) is 32.2 Å². The van der Waals surface area contributed by atoms with E-state index in [1.807, 2.05) is 0 Å². The summed E-state index contributed by atoms with van der Waals surface area (Å²) in [6.07, 6.45) is 0. The van der Waals surface area contributed by atoms with Gasteiger partial charge in [-0.15, -0.1) is 0 Å². The fourth-order valence-electron chi connectivity index (χ4n) is 1.44. The molecule has 1 rings (SSSR count). The lowest BCUT2D eigenvalue weighted by Gasteiger charge is -2.14. The Hall–Kier alpha value is -2.28. The van der Waals surface area contributed by atoms with Crippen molar-refractivity contribution < 1.29 is 19.5 Å². The Bertz CT molecular complexity index is 548. The zero-order chi connectivity index (χ0) is 15.3. The predicted octanol–water partition coefficient (Wildman–Crippen LogP) is 1.29. The molecule has 0 radical (unpaired) electrons. The lowest BCUT2D eigenvalue weighted by molar-refractivity contribution is -0.122. The van der Waals surface area contributed by atoms with Crippen molar-refractivity contribution in [3.05, 3.63) is 28.8 Å². The molecule has 0 fully saturated rings. The molecule has 0 bridgehead atoms. The van der Waals surface area contributed by atoms with Gasteiger partial charge in [-0.25, -0.2) is 9.59 Å². The Labute approximate surface area is 120 Å². The minimum atomic E-state index is -1.20. The summed E-state index contributed by atoms with van der Waals surface area (Å²) in [5.41, 5.74) is -0.0521. The minimum absolute atomic E-state index is 0.0478. The van der Waals surface area contributed by atoms with Gasteiger partial charge < -0.3 is 21.1 Å². The van der Waals surface area contributed by atoms with Gasteiger partial charge in [0, 0.05) is 12.1 Å². The van der Waals surface area contributed by atoms with Gasteiger partial charge in [0.15, 0.2) is 0 Å². The predicted molar refractivity (Wildman–Crippen MR) is 74.1 cm³/mol. The average molecular weight is 300 g/mol. The number of halogens is 1. The molecule has 1 aromatic rings. The highest BCUT2D eigenvalue weighted by Gasteiger charge is 2.16. The summed E-state index contributed by atoms with van der Waals surface area (Å²) in [7, 11) is 1.44. The third-order valence-electron chi connectivity index (χ3n) is 2.45. The van der Waals surface area contributed by atoms with Crippen LogP contribution >= 0.6 is 11.6 Å². The first kappa shape index (κ1) is 15.8. The number of amides is 3. The van der Waals surface area contributed by atoms with Crippen molar-refractivity contribution in [2.45, 2.75) is 13.0 Å². The maximum absolute atomic E-state index is 11.7. The second kappa shape index (κ2) is 6.76. The Morgan fingerprint density at radius 3 is 2.50 bits per heavy atom. The molecule has 8 heteroatoms. The molecule has 7 nitrogen and oxygen atoms in total. The molecule has 0 aliphatic heterocycles. The smallest absolute Gasteiger partial charge is 0.337 e. The molecule has 1 unspecified atom stereocenters. The van der Waals surface area contributed by atoms with Crippen LogP contribution in [0.5, 0.6) is 0 Å². The number of aromatic carboxylic acids is 1. The highest BCUT2D eigenvalue weighted by Crippen LogP contribution is 2.21. The number of nitrogens with one attached hydrogen (secondary N) is 3. The molecule has 3 amide bonds. The van der Waals surface area contributed by atoms with Crippen molar-refractivity contribution >= 4 is 35.2 Å². The van der Waals surface area contributed by atoms with E-state index < -0.39 is 18.0 Å². The largest absolute Gasteiger partial charge is 0.478 e. The van der Waals surface area contributed by atoms with Crippen molar-refractivity contribution in [1.82, 2.24) is 10.6 Å². The summed E-state index contributed by atoms with van der Waals surface area (Å²) in [5.74, 6) is -1.57. The number of hydrogen-bond acceptors (Lipinski definition) is 3. The van der Waals surface area contributed by atoms with E-state index in [0.29, 0.717) is 0 Å². The number of anilines is 1. The van der Waals surface area contributed by atoms with Gasteiger partial charge in [-0.05, 0) is 25.1 Å². The number of carbonyl (C=O) groups is 3. The van der Waals surface area contributed by atoms with E-state index in [0.717, 1.165) is 0 Å². The molecule has 0 heterocycles. The fourth-order valence-corrected chi connectivity index (χ4v) is 1.62. The maximum Gasteiger partial charge on any atom is 0.337 e. The number of carbonyl (C=O) groups excluding carboxylic acids is 2. The third kappa shape index (κ3) is 4.13. The molecule has 0 aliphatic rings. The summed E-state index contributed by atoms with van der Waals surface area (Å²) in [5, 5.41) is 16.4. The van der Waals surface area contributed by atoms with Gasteiger partial charge in [-0.2, -0.15) is 0 Å². The van der Waals surface area contributed by atoms with Crippen molar-refractivity contribution in [1.29, 1.82) is 0 Å². The lowest BCUT2D eigenvalue weighted by atomic mass is 10.2. The molecule has 0 aliphatic carbocycles. The second-order valence-corrected chi connectivity index (χ2v) is 4.37. The maximum atomic E-state index is 11.7. The first-order valence-corrected chi connectivity index (χ1v) is 6.05. The second-order valence-electron chi connectivity index (χ2n) is 3.93. The van der Waals surface area contributed by atoms with Gasteiger partial charge in [-0.3, -0.25) is 4.79 Å². The first-order valence-electron chi connectivity index (χ1n) is 5.67. The zero-order valence-corrected chi connectivity index (χ0v) is 11.6. The summed E-state index contributed by atoms with van der Waals surface area (Å²) in [6.45, 7) is 1.49. The number of urea groups is 1. The minimum Gasteiger partial charge on any atom is -0.478 e. The lowest BCUT2D eigenvalue weighted by Crippen LogP contribution is -2.45. The Balaban J connectivity index is 2.82. The van der Waals surface area contributed by atoms with Crippen molar-refractivity contribution in [2.24, 2.45) is 0 Å². The average Bonchev–Trinajstić information content (AvgIpc) is 2.37. The molecule has 0 saturated heterocycles. The number of rotatable bonds is 4. The number of benzene rings is 1. The monoisotopic (exact) mass is 299 g/mol. The van der Waals surface area contributed by atoms with E-state index in [4.69, 9.17) is 16.7 Å². The molecule has 0 spiro atoms. The van der Waals surface area contributed by atoms with Gasteiger partial charge in [-0.1, -0.05) is 11.6 Å². The molecule has 108 valence electrons.